The molecule has 0 atom stereocenters. The maximum atomic E-state index is 9.27. The van der Waals surface area contributed by atoms with Crippen LogP contribution in [0.3, 0.4) is 0 Å². The molecule has 1 heterocycles. The molecule has 1 aliphatic carbocycles. The van der Waals surface area contributed by atoms with E-state index >= 15 is 0 Å². The number of hydrogen-bond acceptors (Lipinski definition) is 4. The van der Waals surface area contributed by atoms with Gasteiger partial charge in [-0.05, 0) is 31.0 Å². The van der Waals surface area contributed by atoms with Gasteiger partial charge in [0.15, 0.2) is 0 Å². The van der Waals surface area contributed by atoms with Crippen molar-refractivity contribution in [2.75, 3.05) is 23.8 Å². The number of anilines is 2. The Morgan fingerprint density at radius 3 is 2.89 bits per heavy atom. The van der Waals surface area contributed by atoms with Crippen LogP contribution in [-0.4, -0.2) is 34.3 Å². The summed E-state index contributed by atoms with van der Waals surface area (Å²) in [6.07, 6.45) is 4.89. The van der Waals surface area contributed by atoms with Gasteiger partial charge >= 0.3 is 0 Å². The minimum Gasteiger partial charge on any atom is -0.399 e. The van der Waals surface area contributed by atoms with Gasteiger partial charge in [0.1, 0.15) is 0 Å². The van der Waals surface area contributed by atoms with Crippen LogP contribution in [0, 0.1) is 0 Å². The average molecular weight is 260 g/mol. The van der Waals surface area contributed by atoms with Crippen LogP contribution in [0.1, 0.15) is 25.7 Å². The smallest absolute Gasteiger partial charge is 0.204 e. The molecule has 1 aromatic heterocycles. The first-order valence-corrected chi connectivity index (χ1v) is 6.90. The lowest BCUT2D eigenvalue weighted by Crippen LogP contribution is -2.36. The predicted octanol–water partition coefficient (Wildman–Crippen LogP) is 1.89. The molecule has 0 amide bonds. The molecule has 19 heavy (non-hydrogen) atoms. The van der Waals surface area contributed by atoms with Crippen LogP contribution >= 0.6 is 0 Å². The van der Waals surface area contributed by atoms with Gasteiger partial charge in [-0.25, -0.2) is 4.98 Å². The SMILES string of the molecule is Nc1ccc2nc(N(CCO)C3CCCC3)[nH]c2c1. The fourth-order valence-corrected chi connectivity index (χ4v) is 2.93. The third kappa shape index (κ3) is 2.38. The highest BCUT2D eigenvalue weighted by molar-refractivity contribution is 5.80. The number of nitrogen functional groups attached to an aromatic ring is 1. The molecule has 0 aliphatic heterocycles. The first kappa shape index (κ1) is 12.3. The highest BCUT2D eigenvalue weighted by atomic mass is 16.3. The highest BCUT2D eigenvalue weighted by Crippen LogP contribution is 2.28. The Balaban J connectivity index is 1.94. The molecule has 5 heteroatoms. The lowest BCUT2D eigenvalue weighted by atomic mass is 10.2. The van der Waals surface area contributed by atoms with E-state index < -0.39 is 0 Å². The summed E-state index contributed by atoms with van der Waals surface area (Å²) in [7, 11) is 0. The summed E-state index contributed by atoms with van der Waals surface area (Å²) < 4.78 is 0. The first-order valence-electron chi connectivity index (χ1n) is 6.90. The molecule has 0 bridgehead atoms. The van der Waals surface area contributed by atoms with Gasteiger partial charge < -0.3 is 20.7 Å². The van der Waals surface area contributed by atoms with Gasteiger partial charge in [-0.1, -0.05) is 12.8 Å². The topological polar surface area (TPSA) is 78.2 Å². The number of aromatic nitrogens is 2. The number of nitrogens with zero attached hydrogens (tertiary/aromatic N) is 2. The lowest BCUT2D eigenvalue weighted by Gasteiger charge is -2.27. The van der Waals surface area contributed by atoms with E-state index in [1.807, 2.05) is 18.2 Å². The quantitative estimate of drug-likeness (QED) is 0.733. The number of aromatic amines is 1. The van der Waals surface area contributed by atoms with Crippen molar-refractivity contribution in [3.63, 3.8) is 0 Å². The number of benzene rings is 1. The minimum atomic E-state index is 0.148. The van der Waals surface area contributed by atoms with Crippen molar-refractivity contribution in [1.82, 2.24) is 9.97 Å². The summed E-state index contributed by atoms with van der Waals surface area (Å²) in [5.74, 6) is 0.849. The maximum absolute atomic E-state index is 9.27. The van der Waals surface area contributed by atoms with Crippen molar-refractivity contribution >= 4 is 22.7 Å². The van der Waals surface area contributed by atoms with Crippen LogP contribution in [0.4, 0.5) is 11.6 Å². The lowest BCUT2D eigenvalue weighted by molar-refractivity contribution is 0.296. The molecular weight excluding hydrogens is 240 g/mol. The molecular formula is C14H20N4O. The zero-order valence-corrected chi connectivity index (χ0v) is 11.0. The summed E-state index contributed by atoms with van der Waals surface area (Å²) in [5.41, 5.74) is 8.40. The zero-order valence-electron chi connectivity index (χ0n) is 11.0. The number of H-pyrrole nitrogens is 1. The number of imidazole rings is 1. The second kappa shape index (κ2) is 5.09. The summed E-state index contributed by atoms with van der Waals surface area (Å²) in [6.45, 7) is 0.773. The molecule has 1 aromatic carbocycles. The van der Waals surface area contributed by atoms with Crippen molar-refractivity contribution in [3.05, 3.63) is 18.2 Å². The molecule has 102 valence electrons. The molecule has 4 N–H and O–H groups in total. The van der Waals surface area contributed by atoms with Crippen LogP contribution in [0.5, 0.6) is 0 Å². The number of aliphatic hydroxyl groups is 1. The van der Waals surface area contributed by atoms with E-state index in [0.717, 1.165) is 22.7 Å². The number of fused-ring (bicyclic) bond motifs is 1. The Kier molecular flexibility index (Phi) is 3.29. The number of hydrogen-bond donors (Lipinski definition) is 3. The molecule has 1 saturated carbocycles. The predicted molar refractivity (Wildman–Crippen MR) is 77.2 cm³/mol. The Morgan fingerprint density at radius 2 is 2.16 bits per heavy atom. The van der Waals surface area contributed by atoms with E-state index in [2.05, 4.69) is 14.9 Å². The molecule has 0 saturated heterocycles. The second-order valence-corrected chi connectivity index (χ2v) is 5.19. The first-order chi connectivity index (χ1) is 9.28. The Hall–Kier alpha value is -1.75. The fraction of sp³-hybridized carbons (Fsp3) is 0.500. The van der Waals surface area contributed by atoms with Gasteiger partial charge in [-0.2, -0.15) is 0 Å². The van der Waals surface area contributed by atoms with Crippen LogP contribution < -0.4 is 10.6 Å². The van der Waals surface area contributed by atoms with Crippen molar-refractivity contribution in [2.24, 2.45) is 0 Å². The van der Waals surface area contributed by atoms with Gasteiger partial charge in [0, 0.05) is 18.3 Å². The normalized spacial score (nSPS) is 16.3. The van der Waals surface area contributed by atoms with E-state index in [-0.39, 0.29) is 6.61 Å². The van der Waals surface area contributed by atoms with Gasteiger partial charge in [0.05, 0.1) is 17.6 Å². The Morgan fingerprint density at radius 1 is 1.37 bits per heavy atom. The average Bonchev–Trinajstić information content (AvgIpc) is 3.04. The summed E-state index contributed by atoms with van der Waals surface area (Å²) >= 11 is 0. The Bertz CT molecular complexity index is 560. The van der Waals surface area contributed by atoms with Gasteiger partial charge in [0.25, 0.3) is 0 Å². The van der Waals surface area contributed by atoms with E-state index in [1.165, 1.54) is 25.7 Å². The molecule has 0 radical (unpaired) electrons. The molecule has 2 aromatic rings. The molecule has 0 unspecified atom stereocenters. The minimum absolute atomic E-state index is 0.148. The Labute approximate surface area is 112 Å². The van der Waals surface area contributed by atoms with Gasteiger partial charge in [0.2, 0.25) is 5.95 Å². The molecule has 1 fully saturated rings. The third-order valence-electron chi connectivity index (χ3n) is 3.87. The van der Waals surface area contributed by atoms with Crippen molar-refractivity contribution in [1.29, 1.82) is 0 Å². The third-order valence-corrected chi connectivity index (χ3v) is 3.87. The van der Waals surface area contributed by atoms with E-state index in [9.17, 15) is 5.11 Å². The standard InChI is InChI=1S/C14H20N4O/c15-10-5-6-12-13(9-10)17-14(16-12)18(7-8-19)11-3-1-2-4-11/h5-6,9,11,19H,1-4,7-8,15H2,(H,16,17). The van der Waals surface area contributed by atoms with E-state index in [4.69, 9.17) is 5.73 Å². The fourth-order valence-electron chi connectivity index (χ4n) is 2.93. The molecule has 1 aliphatic rings. The maximum Gasteiger partial charge on any atom is 0.204 e. The number of nitrogens with two attached hydrogens (primary N) is 1. The summed E-state index contributed by atoms with van der Waals surface area (Å²) in [5, 5.41) is 9.27. The number of nitrogens with one attached hydrogen (secondary N) is 1. The van der Waals surface area contributed by atoms with Crippen LogP contribution in [-0.2, 0) is 0 Å². The van der Waals surface area contributed by atoms with Gasteiger partial charge in [-0.15, -0.1) is 0 Å². The number of aliphatic hydroxyl groups excluding tert-OH is 1. The number of rotatable bonds is 4. The second-order valence-electron chi connectivity index (χ2n) is 5.19. The molecule has 5 nitrogen and oxygen atoms in total. The molecule has 0 spiro atoms. The van der Waals surface area contributed by atoms with E-state index in [0.29, 0.717) is 12.6 Å². The van der Waals surface area contributed by atoms with E-state index in [1.54, 1.807) is 0 Å². The molecule has 3 rings (SSSR count). The monoisotopic (exact) mass is 260 g/mol. The van der Waals surface area contributed by atoms with Gasteiger partial charge in [-0.3, -0.25) is 0 Å². The summed E-state index contributed by atoms with van der Waals surface area (Å²) in [4.78, 5) is 10.1. The summed E-state index contributed by atoms with van der Waals surface area (Å²) in [6, 6.07) is 6.18. The largest absolute Gasteiger partial charge is 0.399 e. The van der Waals surface area contributed by atoms with Crippen molar-refractivity contribution < 1.29 is 5.11 Å². The van der Waals surface area contributed by atoms with Crippen molar-refractivity contribution in [2.45, 2.75) is 31.7 Å². The van der Waals surface area contributed by atoms with Crippen LogP contribution in [0.25, 0.3) is 11.0 Å². The van der Waals surface area contributed by atoms with Crippen molar-refractivity contribution in [3.8, 4) is 0 Å². The highest BCUT2D eigenvalue weighted by Gasteiger charge is 2.24. The van der Waals surface area contributed by atoms with Crippen LogP contribution in [0.15, 0.2) is 18.2 Å². The van der Waals surface area contributed by atoms with Crippen LogP contribution in [0.2, 0.25) is 0 Å². The zero-order chi connectivity index (χ0) is 13.2.